The number of allylic oxidation sites excluding steroid dienone is 1. The number of thiophene rings is 1. The fraction of sp³-hybridized carbons (Fsp3) is 0.211. The molecular formula is C19H18O3S. The second kappa shape index (κ2) is 6.05. The molecule has 0 unspecified atom stereocenters. The van der Waals surface area contributed by atoms with Gasteiger partial charge < -0.3 is 9.47 Å². The number of fused-ring (bicyclic) bond motifs is 1. The predicted molar refractivity (Wildman–Crippen MR) is 94.4 cm³/mol. The van der Waals surface area contributed by atoms with Gasteiger partial charge in [0.05, 0.1) is 18.2 Å². The maximum absolute atomic E-state index is 12.6. The fourth-order valence-corrected chi connectivity index (χ4v) is 3.06. The highest BCUT2D eigenvalue weighted by Crippen LogP contribution is 2.39. The van der Waals surface area contributed by atoms with Gasteiger partial charge in [0.1, 0.15) is 17.1 Å². The fourth-order valence-electron chi connectivity index (χ4n) is 2.43. The quantitative estimate of drug-likeness (QED) is 0.596. The molecule has 2 heterocycles. The van der Waals surface area contributed by atoms with Gasteiger partial charge in [-0.2, -0.15) is 11.3 Å². The first-order chi connectivity index (χ1) is 11.0. The summed E-state index contributed by atoms with van der Waals surface area (Å²) in [7, 11) is 1.61. The minimum Gasteiger partial charge on any atom is -0.496 e. The molecule has 0 atom stereocenters. The van der Waals surface area contributed by atoms with Crippen LogP contribution >= 0.6 is 11.3 Å². The van der Waals surface area contributed by atoms with Crippen molar-refractivity contribution in [2.75, 3.05) is 7.11 Å². The largest absolute Gasteiger partial charge is 0.496 e. The van der Waals surface area contributed by atoms with E-state index >= 15 is 0 Å². The zero-order valence-electron chi connectivity index (χ0n) is 13.3. The Balaban J connectivity index is 2.00. The summed E-state index contributed by atoms with van der Waals surface area (Å²) in [6.45, 7) is 3.92. The van der Waals surface area contributed by atoms with E-state index in [-0.39, 0.29) is 5.78 Å². The highest BCUT2D eigenvalue weighted by atomic mass is 32.1. The zero-order chi connectivity index (χ0) is 16.4. The van der Waals surface area contributed by atoms with Crippen LogP contribution in [0.1, 0.15) is 35.3 Å². The van der Waals surface area contributed by atoms with Crippen LogP contribution in [0, 0.1) is 0 Å². The standard InChI is InChI=1S/C19H18O3S/c1-19(2)10-8-15-17(21-3)7-5-14(18(15)22-19)16(20)6-4-13-9-11-23-12-13/h4-12H,1-3H3/b6-4+. The smallest absolute Gasteiger partial charge is 0.189 e. The van der Waals surface area contributed by atoms with Crippen molar-refractivity contribution in [2.24, 2.45) is 0 Å². The average Bonchev–Trinajstić information content (AvgIpc) is 3.04. The van der Waals surface area contributed by atoms with Crippen LogP contribution in [0.4, 0.5) is 0 Å². The van der Waals surface area contributed by atoms with Crippen molar-refractivity contribution in [3.63, 3.8) is 0 Å². The van der Waals surface area contributed by atoms with Gasteiger partial charge in [-0.25, -0.2) is 0 Å². The first-order valence-corrected chi connectivity index (χ1v) is 8.28. The SMILES string of the molecule is COc1ccc(C(=O)/C=C/c2ccsc2)c2c1C=CC(C)(C)O2. The van der Waals surface area contributed by atoms with Gasteiger partial charge >= 0.3 is 0 Å². The topological polar surface area (TPSA) is 35.5 Å². The number of methoxy groups -OCH3 is 1. The Morgan fingerprint density at radius 1 is 1.30 bits per heavy atom. The molecule has 0 N–H and O–H groups in total. The first-order valence-electron chi connectivity index (χ1n) is 7.34. The summed E-state index contributed by atoms with van der Waals surface area (Å²) in [6.07, 6.45) is 7.32. The third-order valence-electron chi connectivity index (χ3n) is 3.63. The number of hydrogen-bond donors (Lipinski definition) is 0. The maximum atomic E-state index is 12.6. The summed E-state index contributed by atoms with van der Waals surface area (Å²) >= 11 is 1.60. The Kier molecular flexibility index (Phi) is 4.09. The van der Waals surface area contributed by atoms with Gasteiger partial charge in [0.15, 0.2) is 5.78 Å². The molecule has 0 amide bonds. The van der Waals surface area contributed by atoms with Gasteiger partial charge in [0.2, 0.25) is 0 Å². The third-order valence-corrected chi connectivity index (χ3v) is 4.33. The maximum Gasteiger partial charge on any atom is 0.189 e. The molecule has 0 radical (unpaired) electrons. The van der Waals surface area contributed by atoms with Gasteiger partial charge in [-0.15, -0.1) is 0 Å². The molecule has 3 nitrogen and oxygen atoms in total. The lowest BCUT2D eigenvalue weighted by atomic mass is 9.97. The molecule has 0 saturated carbocycles. The van der Waals surface area contributed by atoms with Gasteiger partial charge in [-0.1, -0.05) is 6.08 Å². The summed E-state index contributed by atoms with van der Waals surface area (Å²) in [5.74, 6) is 1.20. The molecule has 1 aliphatic heterocycles. The third kappa shape index (κ3) is 3.22. The number of ketones is 1. The van der Waals surface area contributed by atoms with Crippen molar-refractivity contribution in [1.82, 2.24) is 0 Å². The van der Waals surface area contributed by atoms with E-state index < -0.39 is 5.60 Å². The number of hydrogen-bond acceptors (Lipinski definition) is 4. The predicted octanol–water partition coefficient (Wildman–Crippen LogP) is 4.84. The van der Waals surface area contributed by atoms with E-state index in [1.165, 1.54) is 0 Å². The number of benzene rings is 1. The van der Waals surface area contributed by atoms with Crippen LogP contribution in [0.2, 0.25) is 0 Å². The molecule has 1 aromatic heterocycles. The van der Waals surface area contributed by atoms with E-state index in [9.17, 15) is 4.79 Å². The molecular weight excluding hydrogens is 308 g/mol. The van der Waals surface area contributed by atoms with Crippen molar-refractivity contribution in [1.29, 1.82) is 0 Å². The molecule has 0 saturated heterocycles. The summed E-state index contributed by atoms with van der Waals surface area (Å²) in [5, 5.41) is 3.98. The number of rotatable bonds is 4. The molecule has 0 bridgehead atoms. The molecule has 118 valence electrons. The van der Waals surface area contributed by atoms with Gasteiger partial charge in [-0.3, -0.25) is 4.79 Å². The van der Waals surface area contributed by atoms with E-state index in [1.807, 2.05) is 48.9 Å². The van der Waals surface area contributed by atoms with Crippen molar-refractivity contribution >= 4 is 29.3 Å². The molecule has 23 heavy (non-hydrogen) atoms. The minimum absolute atomic E-state index is 0.0822. The van der Waals surface area contributed by atoms with Crippen molar-refractivity contribution < 1.29 is 14.3 Å². The Morgan fingerprint density at radius 3 is 2.83 bits per heavy atom. The number of ether oxygens (including phenoxy) is 2. The van der Waals surface area contributed by atoms with E-state index in [1.54, 1.807) is 36.7 Å². The second-order valence-corrected chi connectivity index (χ2v) is 6.63. The van der Waals surface area contributed by atoms with Gasteiger partial charge in [0.25, 0.3) is 0 Å². The van der Waals surface area contributed by atoms with E-state index in [0.717, 1.165) is 11.1 Å². The summed E-state index contributed by atoms with van der Waals surface area (Å²) in [4.78, 5) is 12.6. The highest BCUT2D eigenvalue weighted by molar-refractivity contribution is 7.08. The Bertz CT molecular complexity index is 783. The van der Waals surface area contributed by atoms with Crippen LogP contribution in [0.3, 0.4) is 0 Å². The van der Waals surface area contributed by atoms with Gasteiger partial charge in [0, 0.05) is 0 Å². The van der Waals surface area contributed by atoms with Crippen LogP contribution in [0.25, 0.3) is 12.2 Å². The Morgan fingerprint density at radius 2 is 2.13 bits per heavy atom. The van der Waals surface area contributed by atoms with E-state index in [4.69, 9.17) is 9.47 Å². The van der Waals surface area contributed by atoms with Crippen molar-refractivity contribution in [3.8, 4) is 11.5 Å². The van der Waals surface area contributed by atoms with Crippen LogP contribution in [-0.2, 0) is 0 Å². The highest BCUT2D eigenvalue weighted by Gasteiger charge is 2.27. The van der Waals surface area contributed by atoms with Crippen LogP contribution in [0.5, 0.6) is 11.5 Å². The molecule has 1 aromatic carbocycles. The summed E-state index contributed by atoms with van der Waals surface area (Å²) in [6, 6.07) is 5.53. The molecule has 0 spiro atoms. The van der Waals surface area contributed by atoms with Crippen molar-refractivity contribution in [3.05, 3.63) is 57.8 Å². The molecule has 2 aromatic rings. The van der Waals surface area contributed by atoms with E-state index in [2.05, 4.69) is 0 Å². The number of carbonyl (C=O) groups is 1. The monoisotopic (exact) mass is 326 g/mol. The van der Waals surface area contributed by atoms with Crippen LogP contribution in [-0.4, -0.2) is 18.5 Å². The summed E-state index contributed by atoms with van der Waals surface area (Å²) < 4.78 is 11.4. The minimum atomic E-state index is -0.453. The summed E-state index contributed by atoms with van der Waals surface area (Å²) in [5.41, 5.74) is 1.92. The Hall–Kier alpha value is -2.33. The molecule has 0 aliphatic carbocycles. The molecule has 0 fully saturated rings. The molecule has 1 aliphatic rings. The average molecular weight is 326 g/mol. The van der Waals surface area contributed by atoms with Crippen molar-refractivity contribution in [2.45, 2.75) is 19.4 Å². The lowest BCUT2D eigenvalue weighted by Gasteiger charge is -2.29. The zero-order valence-corrected chi connectivity index (χ0v) is 14.1. The van der Waals surface area contributed by atoms with Gasteiger partial charge in [-0.05, 0) is 66.6 Å². The van der Waals surface area contributed by atoms with Crippen LogP contribution in [0.15, 0.2) is 41.1 Å². The molecule has 4 heteroatoms. The van der Waals surface area contributed by atoms with Crippen LogP contribution < -0.4 is 9.47 Å². The Labute approximate surface area is 139 Å². The number of carbonyl (C=O) groups excluding carboxylic acids is 1. The lowest BCUT2D eigenvalue weighted by Crippen LogP contribution is -2.28. The molecule has 3 rings (SSSR count). The normalized spacial score (nSPS) is 15.3. The lowest BCUT2D eigenvalue weighted by molar-refractivity contribution is 0.103. The second-order valence-electron chi connectivity index (χ2n) is 5.85. The van der Waals surface area contributed by atoms with E-state index in [0.29, 0.717) is 17.1 Å². The first kappa shape index (κ1) is 15.6.